The van der Waals surface area contributed by atoms with E-state index in [1.807, 2.05) is 19.3 Å². The fourth-order valence-electron chi connectivity index (χ4n) is 3.96. The van der Waals surface area contributed by atoms with Gasteiger partial charge in [0.05, 0.1) is 6.20 Å². The largest absolute Gasteiger partial charge is 0.361 e. The van der Waals surface area contributed by atoms with Gasteiger partial charge >= 0.3 is 0 Å². The van der Waals surface area contributed by atoms with Crippen molar-refractivity contribution >= 4 is 11.0 Å². The lowest BCUT2D eigenvalue weighted by molar-refractivity contribution is 0.202. The maximum absolute atomic E-state index is 5.17. The van der Waals surface area contributed by atoms with Crippen LogP contribution in [0.15, 0.2) is 53.8 Å². The van der Waals surface area contributed by atoms with Gasteiger partial charge in [-0.1, -0.05) is 5.16 Å². The van der Waals surface area contributed by atoms with Crippen LogP contribution < -0.4 is 0 Å². The summed E-state index contributed by atoms with van der Waals surface area (Å²) < 4.78 is 5.17. The van der Waals surface area contributed by atoms with Crippen LogP contribution in [-0.2, 0) is 6.54 Å². The number of hydrogen-bond acceptors (Lipinski definition) is 7. The van der Waals surface area contributed by atoms with Gasteiger partial charge in [-0.2, -0.15) is 0 Å². The van der Waals surface area contributed by atoms with Crippen LogP contribution in [0.4, 0.5) is 0 Å². The molecular weight excluding hydrogens is 364 g/mol. The smallest absolute Gasteiger partial charge is 0.159 e. The highest BCUT2D eigenvalue weighted by molar-refractivity contribution is 5.80. The summed E-state index contributed by atoms with van der Waals surface area (Å²) in [6, 6.07) is 6.38. The van der Waals surface area contributed by atoms with Crippen LogP contribution in [0, 0.1) is 6.92 Å². The number of aromatic nitrogens is 5. The minimum atomic E-state index is 0.475. The fraction of sp³-hybridized carbons (Fsp3) is 0.318. The van der Waals surface area contributed by atoms with Crippen molar-refractivity contribution in [3.8, 4) is 11.1 Å². The summed E-state index contributed by atoms with van der Waals surface area (Å²) in [6.45, 7) is 4.98. The van der Waals surface area contributed by atoms with Crippen molar-refractivity contribution in [1.29, 1.82) is 0 Å². The molecule has 4 aromatic heterocycles. The van der Waals surface area contributed by atoms with E-state index in [1.165, 1.54) is 11.9 Å². The van der Waals surface area contributed by atoms with Gasteiger partial charge in [0.2, 0.25) is 0 Å². The van der Waals surface area contributed by atoms with Crippen molar-refractivity contribution in [2.45, 2.75) is 32.2 Å². The number of rotatable bonds is 4. The van der Waals surface area contributed by atoms with Gasteiger partial charge < -0.3 is 4.52 Å². The van der Waals surface area contributed by atoms with Gasteiger partial charge in [0.1, 0.15) is 12.1 Å². The van der Waals surface area contributed by atoms with Crippen LogP contribution in [0.3, 0.4) is 0 Å². The summed E-state index contributed by atoms with van der Waals surface area (Å²) in [4.78, 5) is 20.1. The van der Waals surface area contributed by atoms with Gasteiger partial charge in [-0.25, -0.2) is 19.9 Å². The lowest BCUT2D eigenvalue weighted by Crippen LogP contribution is -2.32. The molecule has 5 heterocycles. The highest BCUT2D eigenvalue weighted by Gasteiger charge is 2.23. The second kappa shape index (κ2) is 7.67. The van der Waals surface area contributed by atoms with E-state index in [-0.39, 0.29) is 0 Å². The van der Waals surface area contributed by atoms with Crippen molar-refractivity contribution in [2.75, 3.05) is 13.1 Å². The molecule has 0 atom stereocenters. The molecule has 5 rings (SSSR count). The Bertz CT molecular complexity index is 1120. The van der Waals surface area contributed by atoms with Crippen molar-refractivity contribution in [1.82, 2.24) is 30.0 Å². The molecule has 0 aliphatic carbocycles. The first-order valence-electron chi connectivity index (χ1n) is 9.91. The van der Waals surface area contributed by atoms with Crippen LogP contribution >= 0.6 is 0 Å². The Balaban J connectivity index is 1.29. The Hall–Kier alpha value is -3.19. The lowest BCUT2D eigenvalue weighted by atomic mass is 9.92. The number of piperidine rings is 1. The third-order valence-corrected chi connectivity index (χ3v) is 5.71. The van der Waals surface area contributed by atoms with E-state index >= 15 is 0 Å². The van der Waals surface area contributed by atoms with Gasteiger partial charge in [-0.05, 0) is 51.1 Å². The van der Waals surface area contributed by atoms with Gasteiger partial charge in [-0.15, -0.1) is 0 Å². The van der Waals surface area contributed by atoms with Gasteiger partial charge in [0, 0.05) is 58.8 Å². The number of hydrogen-bond donors (Lipinski definition) is 0. The lowest BCUT2D eigenvalue weighted by Gasteiger charge is -2.31. The average Bonchev–Trinajstić information content (AvgIpc) is 3.18. The molecule has 4 aromatic rings. The molecule has 0 unspecified atom stereocenters. The molecule has 146 valence electrons. The van der Waals surface area contributed by atoms with E-state index < -0.39 is 0 Å². The van der Waals surface area contributed by atoms with Crippen molar-refractivity contribution in [3.05, 3.63) is 66.3 Å². The Morgan fingerprint density at radius 1 is 1.03 bits per heavy atom. The van der Waals surface area contributed by atoms with Crippen molar-refractivity contribution in [2.24, 2.45) is 0 Å². The number of aryl methyl sites for hydroxylation is 1. The topological polar surface area (TPSA) is 80.8 Å². The molecule has 0 amide bonds. The highest BCUT2D eigenvalue weighted by Crippen LogP contribution is 2.29. The van der Waals surface area contributed by atoms with E-state index in [0.29, 0.717) is 5.92 Å². The van der Waals surface area contributed by atoms with Gasteiger partial charge in [0.25, 0.3) is 0 Å². The standard InChI is InChI=1S/C22H22N6O/c1-15-20(12-26-29-15)13-28-6-4-16(5-7-28)21-3-2-17-8-18(11-25-22(17)27-21)19-9-23-14-24-10-19/h2-3,8-12,14,16H,4-7,13H2,1H3. The molecule has 1 fully saturated rings. The first-order valence-corrected chi connectivity index (χ1v) is 9.91. The molecule has 0 aromatic carbocycles. The van der Waals surface area contributed by atoms with E-state index in [2.05, 4.69) is 43.2 Å². The molecule has 0 bridgehead atoms. The SMILES string of the molecule is Cc1oncc1CN1CCC(c2ccc3cc(-c4cncnc4)cnc3n2)CC1. The second-order valence-corrected chi connectivity index (χ2v) is 7.59. The molecule has 0 radical (unpaired) electrons. The van der Waals surface area contributed by atoms with Gasteiger partial charge in [0.15, 0.2) is 5.65 Å². The Morgan fingerprint density at radius 3 is 2.62 bits per heavy atom. The first kappa shape index (κ1) is 17.9. The Morgan fingerprint density at radius 2 is 1.86 bits per heavy atom. The average molecular weight is 386 g/mol. The predicted octanol–water partition coefficient (Wildman–Crippen LogP) is 3.76. The first-order chi connectivity index (χ1) is 14.3. The van der Waals surface area contributed by atoms with Crippen LogP contribution in [0.5, 0.6) is 0 Å². The molecule has 1 aliphatic heterocycles. The third kappa shape index (κ3) is 3.73. The normalized spacial score (nSPS) is 15.8. The molecule has 0 N–H and O–H groups in total. The number of pyridine rings is 2. The Labute approximate surface area is 168 Å². The van der Waals surface area contributed by atoms with Crippen molar-refractivity contribution < 1.29 is 4.52 Å². The zero-order chi connectivity index (χ0) is 19.6. The molecule has 0 saturated carbocycles. The van der Waals surface area contributed by atoms with Crippen LogP contribution in [-0.4, -0.2) is 43.1 Å². The van der Waals surface area contributed by atoms with E-state index in [9.17, 15) is 0 Å². The third-order valence-electron chi connectivity index (χ3n) is 5.71. The second-order valence-electron chi connectivity index (χ2n) is 7.59. The monoisotopic (exact) mass is 386 g/mol. The summed E-state index contributed by atoms with van der Waals surface area (Å²) in [5.41, 5.74) is 5.08. The van der Waals surface area contributed by atoms with E-state index in [4.69, 9.17) is 9.51 Å². The van der Waals surface area contributed by atoms with Crippen LogP contribution in [0.1, 0.15) is 35.8 Å². The molecule has 1 aliphatic rings. The summed E-state index contributed by atoms with van der Waals surface area (Å²) in [5, 5.41) is 4.92. The molecule has 7 nitrogen and oxygen atoms in total. The summed E-state index contributed by atoms with van der Waals surface area (Å²) in [5.74, 6) is 1.39. The van der Waals surface area contributed by atoms with Crippen LogP contribution in [0.25, 0.3) is 22.2 Å². The summed E-state index contributed by atoms with van der Waals surface area (Å²) >= 11 is 0. The molecule has 0 spiro atoms. The van der Waals surface area contributed by atoms with Gasteiger partial charge in [-0.3, -0.25) is 4.90 Å². The summed E-state index contributed by atoms with van der Waals surface area (Å²) in [7, 11) is 0. The molecule has 1 saturated heterocycles. The Kier molecular flexibility index (Phi) is 4.73. The fourth-order valence-corrected chi connectivity index (χ4v) is 3.96. The summed E-state index contributed by atoms with van der Waals surface area (Å²) in [6.07, 6.45) is 11.0. The molecule has 7 heteroatoms. The van der Waals surface area contributed by atoms with Crippen molar-refractivity contribution in [3.63, 3.8) is 0 Å². The quantitative estimate of drug-likeness (QED) is 0.528. The number of fused-ring (bicyclic) bond motifs is 1. The number of nitrogens with zero attached hydrogens (tertiary/aromatic N) is 6. The molecule has 29 heavy (non-hydrogen) atoms. The number of likely N-dealkylation sites (tertiary alicyclic amines) is 1. The van der Waals surface area contributed by atoms with E-state index in [0.717, 1.165) is 66.1 Å². The molecular formula is C22H22N6O. The maximum atomic E-state index is 5.17. The van der Waals surface area contributed by atoms with Crippen LogP contribution in [0.2, 0.25) is 0 Å². The zero-order valence-electron chi connectivity index (χ0n) is 16.3. The minimum absolute atomic E-state index is 0.475. The van der Waals surface area contributed by atoms with E-state index in [1.54, 1.807) is 12.4 Å². The highest BCUT2D eigenvalue weighted by atomic mass is 16.5. The predicted molar refractivity (Wildman–Crippen MR) is 109 cm³/mol. The maximum Gasteiger partial charge on any atom is 0.159 e. The minimum Gasteiger partial charge on any atom is -0.361 e. The zero-order valence-corrected chi connectivity index (χ0v) is 16.3.